The second-order valence-corrected chi connectivity index (χ2v) is 6.10. The summed E-state index contributed by atoms with van der Waals surface area (Å²) in [6.45, 7) is 5.06. The Bertz CT molecular complexity index is 417. The van der Waals surface area contributed by atoms with E-state index in [1.807, 2.05) is 4.90 Å². The summed E-state index contributed by atoms with van der Waals surface area (Å²) >= 11 is 0. The quantitative estimate of drug-likeness (QED) is 0.780. The fourth-order valence-corrected chi connectivity index (χ4v) is 3.58. The first kappa shape index (κ1) is 14.6. The first-order valence-corrected chi connectivity index (χ1v) is 7.75. The number of rotatable bonds is 2. The molecule has 1 N–H and O–H groups in total. The molecular weight excluding hydrogens is 274 g/mol. The van der Waals surface area contributed by atoms with E-state index in [9.17, 15) is 9.59 Å². The van der Waals surface area contributed by atoms with Crippen molar-refractivity contribution in [2.75, 3.05) is 45.9 Å². The number of urea groups is 1. The highest BCUT2D eigenvalue weighted by molar-refractivity contribution is 5.75. The number of carboxylic acid groups (broad SMARTS) is 1. The van der Waals surface area contributed by atoms with Crippen LogP contribution in [0, 0.1) is 0 Å². The van der Waals surface area contributed by atoms with Gasteiger partial charge >= 0.3 is 12.0 Å². The van der Waals surface area contributed by atoms with Crippen LogP contribution in [0.1, 0.15) is 19.3 Å². The average Bonchev–Trinajstić information content (AvgIpc) is 2.93. The predicted octanol–water partition coefficient (Wildman–Crippen LogP) is 0.0619. The number of morpholine rings is 1. The van der Waals surface area contributed by atoms with Crippen molar-refractivity contribution in [1.82, 2.24) is 14.7 Å². The maximum Gasteiger partial charge on any atom is 0.320 e. The SMILES string of the molecule is O=C(O)CC1CN(C(=O)N2CCN3CCCC3C2)CCO1. The van der Waals surface area contributed by atoms with Crippen molar-refractivity contribution >= 4 is 12.0 Å². The fourth-order valence-electron chi connectivity index (χ4n) is 3.58. The van der Waals surface area contributed by atoms with Crippen LogP contribution in [0.15, 0.2) is 0 Å². The Kier molecular flexibility index (Phi) is 4.30. The van der Waals surface area contributed by atoms with Crippen molar-refractivity contribution in [3.05, 3.63) is 0 Å². The van der Waals surface area contributed by atoms with E-state index in [1.54, 1.807) is 4.90 Å². The molecule has 3 fully saturated rings. The third kappa shape index (κ3) is 3.29. The third-order valence-electron chi connectivity index (χ3n) is 4.67. The second-order valence-electron chi connectivity index (χ2n) is 6.10. The molecular formula is C14H23N3O4. The summed E-state index contributed by atoms with van der Waals surface area (Å²) in [4.78, 5) is 29.5. The van der Waals surface area contributed by atoms with Crippen molar-refractivity contribution in [3.63, 3.8) is 0 Å². The number of hydrogen-bond acceptors (Lipinski definition) is 4. The molecule has 3 heterocycles. The van der Waals surface area contributed by atoms with Gasteiger partial charge in [-0.3, -0.25) is 9.69 Å². The maximum atomic E-state index is 12.6. The molecule has 0 aliphatic carbocycles. The van der Waals surface area contributed by atoms with Gasteiger partial charge in [-0.15, -0.1) is 0 Å². The Morgan fingerprint density at radius 3 is 2.71 bits per heavy atom. The molecule has 0 spiro atoms. The molecule has 7 heteroatoms. The molecule has 0 aromatic heterocycles. The molecule has 0 aromatic carbocycles. The molecule has 0 radical (unpaired) electrons. The van der Waals surface area contributed by atoms with Gasteiger partial charge in [0.1, 0.15) is 0 Å². The summed E-state index contributed by atoms with van der Waals surface area (Å²) in [5.74, 6) is -0.881. The first-order valence-electron chi connectivity index (χ1n) is 7.75. The van der Waals surface area contributed by atoms with Crippen LogP contribution in [0.5, 0.6) is 0 Å². The van der Waals surface area contributed by atoms with E-state index in [0.29, 0.717) is 25.7 Å². The Balaban J connectivity index is 1.55. The van der Waals surface area contributed by atoms with E-state index >= 15 is 0 Å². The largest absolute Gasteiger partial charge is 0.481 e. The van der Waals surface area contributed by atoms with Gasteiger partial charge in [0.05, 0.1) is 19.1 Å². The summed E-state index contributed by atoms with van der Waals surface area (Å²) in [7, 11) is 0. The second kappa shape index (κ2) is 6.19. The fraction of sp³-hybridized carbons (Fsp3) is 0.857. The van der Waals surface area contributed by atoms with Gasteiger partial charge in [0.25, 0.3) is 0 Å². The standard InChI is InChI=1S/C14H23N3O4/c18-13(19)8-12-10-17(6-7-21-12)14(20)16-5-4-15-3-1-2-11(15)9-16/h11-12H,1-10H2,(H,18,19). The zero-order chi connectivity index (χ0) is 14.8. The number of carbonyl (C=O) groups excluding carboxylic acids is 1. The normalized spacial score (nSPS) is 30.3. The van der Waals surface area contributed by atoms with Crippen LogP contribution in [0.2, 0.25) is 0 Å². The predicted molar refractivity (Wildman–Crippen MR) is 75.1 cm³/mol. The summed E-state index contributed by atoms with van der Waals surface area (Å²) in [6.07, 6.45) is 1.98. The summed E-state index contributed by atoms with van der Waals surface area (Å²) in [6, 6.07) is 0.554. The highest BCUT2D eigenvalue weighted by Crippen LogP contribution is 2.22. The van der Waals surface area contributed by atoms with Gasteiger partial charge in [0.2, 0.25) is 0 Å². The summed E-state index contributed by atoms with van der Waals surface area (Å²) in [5.41, 5.74) is 0. The highest BCUT2D eigenvalue weighted by Gasteiger charge is 2.35. The van der Waals surface area contributed by atoms with Crippen LogP contribution < -0.4 is 0 Å². The lowest BCUT2D eigenvalue weighted by Crippen LogP contribution is -2.57. The van der Waals surface area contributed by atoms with Gasteiger partial charge in [-0.2, -0.15) is 0 Å². The van der Waals surface area contributed by atoms with Crippen molar-refractivity contribution in [1.29, 1.82) is 0 Å². The average molecular weight is 297 g/mol. The van der Waals surface area contributed by atoms with Gasteiger partial charge in [0.15, 0.2) is 0 Å². The minimum absolute atomic E-state index is 0.0415. The lowest BCUT2D eigenvalue weighted by molar-refractivity contribution is -0.141. The zero-order valence-electron chi connectivity index (χ0n) is 12.2. The number of hydrogen-bond donors (Lipinski definition) is 1. The molecule has 2 unspecified atom stereocenters. The molecule has 3 aliphatic rings. The van der Waals surface area contributed by atoms with Crippen molar-refractivity contribution < 1.29 is 19.4 Å². The molecule has 2 amide bonds. The number of ether oxygens (including phenoxy) is 1. The number of fused-ring (bicyclic) bond motifs is 1. The van der Waals surface area contributed by atoms with E-state index in [0.717, 1.165) is 26.2 Å². The van der Waals surface area contributed by atoms with Gasteiger partial charge in [-0.25, -0.2) is 4.79 Å². The number of nitrogens with zero attached hydrogens (tertiary/aromatic N) is 3. The van der Waals surface area contributed by atoms with E-state index in [4.69, 9.17) is 9.84 Å². The Morgan fingerprint density at radius 2 is 1.90 bits per heavy atom. The van der Waals surface area contributed by atoms with Crippen LogP contribution in [0.3, 0.4) is 0 Å². The van der Waals surface area contributed by atoms with Crippen LogP contribution in [0.25, 0.3) is 0 Å². The lowest BCUT2D eigenvalue weighted by atomic mass is 10.1. The van der Waals surface area contributed by atoms with Crippen molar-refractivity contribution in [2.24, 2.45) is 0 Å². The van der Waals surface area contributed by atoms with Crippen LogP contribution in [-0.2, 0) is 9.53 Å². The topological polar surface area (TPSA) is 73.3 Å². The lowest BCUT2D eigenvalue weighted by Gasteiger charge is -2.41. The van der Waals surface area contributed by atoms with E-state index in [2.05, 4.69) is 4.90 Å². The molecule has 0 aromatic rings. The highest BCUT2D eigenvalue weighted by atomic mass is 16.5. The Labute approximate surface area is 124 Å². The first-order chi connectivity index (χ1) is 10.1. The van der Waals surface area contributed by atoms with Gasteiger partial charge in [0, 0.05) is 38.8 Å². The molecule has 118 valence electrons. The Morgan fingerprint density at radius 1 is 1.10 bits per heavy atom. The number of carbonyl (C=O) groups is 2. The molecule has 2 atom stereocenters. The van der Waals surface area contributed by atoms with Crippen molar-refractivity contribution in [2.45, 2.75) is 31.4 Å². The van der Waals surface area contributed by atoms with Crippen molar-refractivity contribution in [3.8, 4) is 0 Å². The van der Waals surface area contributed by atoms with Gasteiger partial charge in [-0.1, -0.05) is 0 Å². The minimum atomic E-state index is -0.881. The number of carboxylic acids is 1. The molecule has 0 saturated carbocycles. The molecule has 3 rings (SSSR count). The van der Waals surface area contributed by atoms with E-state index in [1.165, 1.54) is 12.8 Å². The molecule has 7 nitrogen and oxygen atoms in total. The number of amides is 2. The number of aliphatic carboxylic acids is 1. The van der Waals surface area contributed by atoms with Gasteiger partial charge < -0.3 is 19.6 Å². The van der Waals surface area contributed by atoms with Crippen LogP contribution >= 0.6 is 0 Å². The monoisotopic (exact) mass is 297 g/mol. The van der Waals surface area contributed by atoms with E-state index in [-0.39, 0.29) is 18.6 Å². The minimum Gasteiger partial charge on any atom is -0.481 e. The molecule has 0 bridgehead atoms. The Hall–Kier alpha value is -1.34. The molecule has 3 aliphatic heterocycles. The van der Waals surface area contributed by atoms with Crippen LogP contribution in [-0.4, -0.2) is 89.8 Å². The summed E-state index contributed by atoms with van der Waals surface area (Å²) in [5, 5.41) is 8.84. The molecule has 3 saturated heterocycles. The molecule has 21 heavy (non-hydrogen) atoms. The van der Waals surface area contributed by atoms with Crippen LogP contribution in [0.4, 0.5) is 4.79 Å². The summed E-state index contributed by atoms with van der Waals surface area (Å²) < 4.78 is 5.42. The third-order valence-corrected chi connectivity index (χ3v) is 4.67. The zero-order valence-corrected chi connectivity index (χ0v) is 12.2. The maximum absolute atomic E-state index is 12.6. The smallest absolute Gasteiger partial charge is 0.320 e. The number of piperazine rings is 1. The van der Waals surface area contributed by atoms with E-state index < -0.39 is 5.97 Å². The van der Waals surface area contributed by atoms with Gasteiger partial charge in [-0.05, 0) is 19.4 Å².